The molecule has 0 bridgehead atoms. The SMILES string of the molecule is COc1cc([N+](=O)[O-])ccc1NC(=O)C(=O)Nc1cc(C)ccc1O. The van der Waals surface area contributed by atoms with Gasteiger partial charge in [-0.25, -0.2) is 0 Å². The van der Waals surface area contributed by atoms with Crippen molar-refractivity contribution >= 4 is 28.9 Å². The molecule has 0 aromatic heterocycles. The van der Waals surface area contributed by atoms with Gasteiger partial charge in [0.15, 0.2) is 0 Å². The number of non-ortho nitro benzene ring substituents is 1. The molecular weight excluding hydrogens is 330 g/mol. The molecule has 130 valence electrons. The maximum atomic E-state index is 12.0. The fraction of sp³-hybridized carbons (Fsp3) is 0.125. The van der Waals surface area contributed by atoms with Crippen LogP contribution in [0.5, 0.6) is 11.5 Å². The number of phenols is 1. The van der Waals surface area contributed by atoms with E-state index in [1.807, 2.05) is 0 Å². The summed E-state index contributed by atoms with van der Waals surface area (Å²) in [7, 11) is 1.28. The Labute approximate surface area is 142 Å². The molecule has 0 radical (unpaired) electrons. The molecule has 0 fully saturated rings. The quantitative estimate of drug-likeness (QED) is 0.337. The topological polar surface area (TPSA) is 131 Å². The Morgan fingerprint density at radius 2 is 1.72 bits per heavy atom. The predicted octanol–water partition coefficient (Wildman–Crippen LogP) is 2.19. The lowest BCUT2D eigenvalue weighted by Gasteiger charge is -2.11. The Balaban J connectivity index is 2.15. The highest BCUT2D eigenvalue weighted by Crippen LogP contribution is 2.29. The van der Waals surface area contributed by atoms with E-state index >= 15 is 0 Å². The molecule has 0 unspecified atom stereocenters. The highest BCUT2D eigenvalue weighted by Gasteiger charge is 2.19. The number of methoxy groups -OCH3 is 1. The average Bonchev–Trinajstić information content (AvgIpc) is 2.58. The second kappa shape index (κ2) is 7.30. The zero-order valence-electron chi connectivity index (χ0n) is 13.4. The molecule has 3 N–H and O–H groups in total. The van der Waals surface area contributed by atoms with E-state index < -0.39 is 16.7 Å². The molecule has 2 rings (SSSR count). The number of hydrogen-bond acceptors (Lipinski definition) is 6. The van der Waals surface area contributed by atoms with E-state index in [1.165, 1.54) is 31.4 Å². The number of aryl methyl sites for hydroxylation is 1. The molecule has 0 aliphatic rings. The summed E-state index contributed by atoms with van der Waals surface area (Å²) in [6.45, 7) is 1.76. The Morgan fingerprint density at radius 3 is 2.32 bits per heavy atom. The number of ether oxygens (including phenoxy) is 1. The van der Waals surface area contributed by atoms with Crippen molar-refractivity contribution in [1.29, 1.82) is 0 Å². The van der Waals surface area contributed by atoms with Gasteiger partial charge in [0, 0.05) is 6.07 Å². The van der Waals surface area contributed by atoms with E-state index in [0.29, 0.717) is 0 Å². The molecule has 0 saturated carbocycles. The monoisotopic (exact) mass is 345 g/mol. The van der Waals surface area contributed by atoms with Crippen molar-refractivity contribution in [3.05, 3.63) is 52.1 Å². The van der Waals surface area contributed by atoms with Crippen molar-refractivity contribution in [3.8, 4) is 11.5 Å². The number of anilines is 2. The molecule has 2 aromatic rings. The largest absolute Gasteiger partial charge is 0.506 e. The summed E-state index contributed by atoms with van der Waals surface area (Å²) in [5, 5.41) is 25.0. The van der Waals surface area contributed by atoms with E-state index in [1.54, 1.807) is 13.0 Å². The van der Waals surface area contributed by atoms with Gasteiger partial charge in [-0.05, 0) is 30.7 Å². The third kappa shape index (κ3) is 4.22. The van der Waals surface area contributed by atoms with Crippen LogP contribution in [0, 0.1) is 17.0 Å². The second-order valence-corrected chi connectivity index (χ2v) is 5.07. The van der Waals surface area contributed by atoms with Crippen LogP contribution in [-0.4, -0.2) is 29.0 Å². The van der Waals surface area contributed by atoms with Gasteiger partial charge in [-0.1, -0.05) is 6.07 Å². The van der Waals surface area contributed by atoms with Crippen molar-refractivity contribution in [2.75, 3.05) is 17.7 Å². The molecule has 2 amide bonds. The van der Waals surface area contributed by atoms with E-state index in [9.17, 15) is 24.8 Å². The van der Waals surface area contributed by atoms with Crippen LogP contribution >= 0.6 is 0 Å². The lowest BCUT2D eigenvalue weighted by atomic mass is 10.2. The third-order valence-corrected chi connectivity index (χ3v) is 3.25. The van der Waals surface area contributed by atoms with Crippen molar-refractivity contribution in [3.63, 3.8) is 0 Å². The zero-order valence-corrected chi connectivity index (χ0v) is 13.4. The molecule has 0 aliphatic heterocycles. The number of carbonyl (C=O) groups excluding carboxylic acids is 2. The van der Waals surface area contributed by atoms with Crippen molar-refractivity contribution in [2.45, 2.75) is 6.92 Å². The van der Waals surface area contributed by atoms with E-state index in [4.69, 9.17) is 4.74 Å². The minimum Gasteiger partial charge on any atom is -0.506 e. The fourth-order valence-corrected chi connectivity index (χ4v) is 2.00. The highest BCUT2D eigenvalue weighted by molar-refractivity contribution is 6.44. The number of rotatable bonds is 4. The first-order chi connectivity index (χ1) is 11.8. The van der Waals surface area contributed by atoms with Crippen LogP contribution in [0.15, 0.2) is 36.4 Å². The molecule has 0 heterocycles. The van der Waals surface area contributed by atoms with Crippen molar-refractivity contribution in [1.82, 2.24) is 0 Å². The van der Waals surface area contributed by atoms with Gasteiger partial charge in [0.25, 0.3) is 5.69 Å². The molecule has 0 saturated heterocycles. The van der Waals surface area contributed by atoms with Crippen molar-refractivity contribution < 1.29 is 24.4 Å². The smallest absolute Gasteiger partial charge is 0.314 e. The number of nitrogens with zero attached hydrogens (tertiary/aromatic N) is 1. The molecule has 9 nitrogen and oxygen atoms in total. The summed E-state index contributed by atoms with van der Waals surface area (Å²) in [6.07, 6.45) is 0. The first kappa shape index (κ1) is 17.7. The van der Waals surface area contributed by atoms with Crippen LogP contribution in [0.1, 0.15) is 5.56 Å². The van der Waals surface area contributed by atoms with Gasteiger partial charge in [-0.15, -0.1) is 0 Å². The first-order valence-corrected chi connectivity index (χ1v) is 7.06. The number of amides is 2. The molecular formula is C16H15N3O6. The molecule has 0 spiro atoms. The Kier molecular flexibility index (Phi) is 5.18. The third-order valence-electron chi connectivity index (χ3n) is 3.25. The van der Waals surface area contributed by atoms with Gasteiger partial charge >= 0.3 is 11.8 Å². The average molecular weight is 345 g/mol. The van der Waals surface area contributed by atoms with Gasteiger partial charge in [-0.2, -0.15) is 0 Å². The molecule has 9 heteroatoms. The number of nitrogens with one attached hydrogen (secondary N) is 2. The maximum absolute atomic E-state index is 12.0. The van der Waals surface area contributed by atoms with Crippen molar-refractivity contribution in [2.24, 2.45) is 0 Å². The minimum absolute atomic E-state index is 0.0359. The molecule has 2 aromatic carbocycles. The molecule has 0 atom stereocenters. The summed E-state index contributed by atoms with van der Waals surface area (Å²) in [4.78, 5) is 34.1. The van der Waals surface area contributed by atoms with E-state index in [0.717, 1.165) is 11.6 Å². The summed E-state index contributed by atoms with van der Waals surface area (Å²) in [6, 6.07) is 8.09. The van der Waals surface area contributed by atoms with Crippen LogP contribution in [0.4, 0.5) is 17.1 Å². The number of carbonyl (C=O) groups is 2. The van der Waals surface area contributed by atoms with E-state index in [-0.39, 0.29) is 28.6 Å². The summed E-state index contributed by atoms with van der Waals surface area (Å²) >= 11 is 0. The van der Waals surface area contributed by atoms with Crippen LogP contribution in [0.2, 0.25) is 0 Å². The van der Waals surface area contributed by atoms with Crippen LogP contribution in [-0.2, 0) is 9.59 Å². The van der Waals surface area contributed by atoms with Gasteiger partial charge in [0.2, 0.25) is 0 Å². The number of nitro groups is 1. The number of benzene rings is 2. The Bertz CT molecular complexity index is 850. The summed E-state index contributed by atoms with van der Waals surface area (Å²) in [5.74, 6) is -2.18. The maximum Gasteiger partial charge on any atom is 0.314 e. The lowest BCUT2D eigenvalue weighted by Crippen LogP contribution is -2.29. The predicted molar refractivity (Wildman–Crippen MR) is 89.8 cm³/mol. The van der Waals surface area contributed by atoms with Crippen LogP contribution in [0.3, 0.4) is 0 Å². The van der Waals surface area contributed by atoms with Gasteiger partial charge in [0.05, 0.1) is 29.5 Å². The zero-order chi connectivity index (χ0) is 18.6. The molecule has 25 heavy (non-hydrogen) atoms. The fourth-order valence-electron chi connectivity index (χ4n) is 2.00. The normalized spacial score (nSPS) is 10.0. The number of aromatic hydroxyl groups is 1. The summed E-state index contributed by atoms with van der Waals surface area (Å²) in [5.41, 5.74) is 0.757. The first-order valence-electron chi connectivity index (χ1n) is 7.06. The minimum atomic E-state index is -1.02. The lowest BCUT2D eigenvalue weighted by molar-refractivity contribution is -0.384. The van der Waals surface area contributed by atoms with Gasteiger partial charge < -0.3 is 20.5 Å². The standard InChI is InChI=1S/C16H15N3O6/c1-9-3-6-13(20)12(7-9)18-16(22)15(21)17-11-5-4-10(19(23)24)8-14(11)25-2/h3-8,20H,1-2H3,(H,17,21)(H,18,22). The summed E-state index contributed by atoms with van der Waals surface area (Å²) < 4.78 is 4.98. The van der Waals surface area contributed by atoms with Gasteiger partial charge in [-0.3, -0.25) is 19.7 Å². The number of nitro benzene ring substituents is 1. The number of phenolic OH excluding ortho intramolecular Hbond substituents is 1. The molecule has 0 aliphatic carbocycles. The van der Waals surface area contributed by atoms with Crippen LogP contribution in [0.25, 0.3) is 0 Å². The highest BCUT2D eigenvalue weighted by atomic mass is 16.6. The second-order valence-electron chi connectivity index (χ2n) is 5.07. The Hall–Kier alpha value is -3.62. The number of hydrogen-bond donors (Lipinski definition) is 3. The van der Waals surface area contributed by atoms with E-state index in [2.05, 4.69) is 10.6 Å². The van der Waals surface area contributed by atoms with Gasteiger partial charge in [0.1, 0.15) is 11.5 Å². The Morgan fingerprint density at radius 1 is 1.08 bits per heavy atom. The van der Waals surface area contributed by atoms with Crippen LogP contribution < -0.4 is 15.4 Å².